The minimum absolute atomic E-state index is 0.0914. The molecule has 1 atom stereocenters. The number of aliphatic carboxylic acids is 1. The molecule has 0 aliphatic carbocycles. The van der Waals surface area contributed by atoms with Gasteiger partial charge in [-0.25, -0.2) is 4.79 Å². The molecule has 0 saturated heterocycles. The van der Waals surface area contributed by atoms with Gasteiger partial charge in [-0.15, -0.1) is 0 Å². The second-order valence-electron chi connectivity index (χ2n) is 3.80. The lowest BCUT2D eigenvalue weighted by atomic mass is 10.0. The second kappa shape index (κ2) is 4.79. The lowest BCUT2D eigenvalue weighted by molar-refractivity contribution is -0.129. The van der Waals surface area contributed by atoms with Crippen molar-refractivity contribution in [2.24, 2.45) is 5.16 Å². The minimum atomic E-state index is -0.984. The number of oxime groups is 1. The van der Waals surface area contributed by atoms with Crippen molar-refractivity contribution < 1.29 is 14.7 Å². The van der Waals surface area contributed by atoms with Gasteiger partial charge in [-0.05, 0) is 18.4 Å². The van der Waals surface area contributed by atoms with E-state index in [1.807, 2.05) is 30.3 Å². The van der Waals surface area contributed by atoms with Gasteiger partial charge in [-0.1, -0.05) is 35.5 Å². The van der Waals surface area contributed by atoms with Crippen LogP contribution in [0.3, 0.4) is 0 Å². The summed E-state index contributed by atoms with van der Waals surface area (Å²) in [7, 11) is 0. The zero-order valence-corrected chi connectivity index (χ0v) is 8.80. The summed E-state index contributed by atoms with van der Waals surface area (Å²) in [5, 5.41) is 12.3. The van der Waals surface area contributed by atoms with Gasteiger partial charge in [-0.3, -0.25) is 0 Å². The Morgan fingerprint density at radius 3 is 2.81 bits per heavy atom. The van der Waals surface area contributed by atoms with Crippen molar-refractivity contribution >= 4 is 11.7 Å². The van der Waals surface area contributed by atoms with E-state index >= 15 is 0 Å². The summed E-state index contributed by atoms with van der Waals surface area (Å²) < 4.78 is 0. The van der Waals surface area contributed by atoms with Gasteiger partial charge in [0.25, 0.3) is 0 Å². The topological polar surface area (TPSA) is 58.9 Å². The number of carboxylic acids is 1. The number of nitrogens with zero attached hydrogens (tertiary/aromatic N) is 1. The van der Waals surface area contributed by atoms with Gasteiger partial charge in [0.2, 0.25) is 0 Å². The van der Waals surface area contributed by atoms with Crippen LogP contribution in [0.25, 0.3) is 0 Å². The molecule has 2 rings (SSSR count). The summed E-state index contributed by atoms with van der Waals surface area (Å²) in [6, 6.07) is 10.1. The number of carboxylic acid groups (broad SMARTS) is 1. The number of rotatable bonds is 4. The van der Waals surface area contributed by atoms with E-state index < -0.39 is 5.97 Å². The zero-order valence-electron chi connectivity index (χ0n) is 8.80. The van der Waals surface area contributed by atoms with Crippen LogP contribution in [0.5, 0.6) is 0 Å². The fourth-order valence-corrected chi connectivity index (χ4v) is 1.68. The Morgan fingerprint density at radius 1 is 1.44 bits per heavy atom. The number of aryl methyl sites for hydroxylation is 1. The third-order valence-electron chi connectivity index (χ3n) is 2.58. The Morgan fingerprint density at radius 2 is 2.19 bits per heavy atom. The Balaban J connectivity index is 1.80. The van der Waals surface area contributed by atoms with E-state index in [1.54, 1.807) is 0 Å². The highest BCUT2D eigenvalue weighted by molar-refractivity contribution is 6.35. The summed E-state index contributed by atoms with van der Waals surface area (Å²) in [6.45, 7) is 0. The van der Waals surface area contributed by atoms with Crippen molar-refractivity contribution in [2.75, 3.05) is 0 Å². The molecule has 0 radical (unpaired) electrons. The predicted molar refractivity (Wildman–Crippen MR) is 59.3 cm³/mol. The minimum Gasteiger partial charge on any atom is -0.477 e. The Kier molecular flexibility index (Phi) is 3.19. The van der Waals surface area contributed by atoms with Crippen molar-refractivity contribution in [1.82, 2.24) is 0 Å². The third kappa shape index (κ3) is 2.59. The normalized spacial score (nSPS) is 19.0. The predicted octanol–water partition coefficient (Wildman–Crippen LogP) is 1.85. The number of benzene rings is 1. The van der Waals surface area contributed by atoms with Crippen LogP contribution in [0, 0.1) is 0 Å². The van der Waals surface area contributed by atoms with Gasteiger partial charge in [0.05, 0.1) is 0 Å². The Hall–Kier alpha value is -1.84. The molecule has 1 unspecified atom stereocenters. The van der Waals surface area contributed by atoms with Crippen LogP contribution < -0.4 is 0 Å². The molecule has 4 nitrogen and oxygen atoms in total. The molecule has 0 fully saturated rings. The molecular formula is C12H13NO3. The van der Waals surface area contributed by atoms with Crippen LogP contribution in [-0.2, 0) is 16.1 Å². The largest absolute Gasteiger partial charge is 0.477 e. The van der Waals surface area contributed by atoms with Gasteiger partial charge in [-0.2, -0.15) is 0 Å². The average molecular weight is 219 g/mol. The van der Waals surface area contributed by atoms with Crippen LogP contribution in [0.15, 0.2) is 35.5 Å². The number of carbonyl (C=O) groups is 1. The summed E-state index contributed by atoms with van der Waals surface area (Å²) in [6.07, 6.45) is 1.99. The molecule has 0 bridgehead atoms. The first-order valence-electron chi connectivity index (χ1n) is 5.25. The van der Waals surface area contributed by atoms with Crippen LogP contribution in [-0.4, -0.2) is 22.9 Å². The third-order valence-corrected chi connectivity index (χ3v) is 2.58. The van der Waals surface area contributed by atoms with Gasteiger partial charge in [0, 0.05) is 6.42 Å². The highest BCUT2D eigenvalue weighted by Gasteiger charge is 2.25. The second-order valence-corrected chi connectivity index (χ2v) is 3.80. The molecule has 0 spiro atoms. The summed E-state index contributed by atoms with van der Waals surface area (Å²) >= 11 is 0. The molecule has 0 aromatic heterocycles. The smallest absolute Gasteiger partial charge is 0.353 e. The van der Waals surface area contributed by atoms with Crippen LogP contribution in [0.2, 0.25) is 0 Å². The maximum Gasteiger partial charge on any atom is 0.353 e. The fourth-order valence-electron chi connectivity index (χ4n) is 1.68. The van der Waals surface area contributed by atoms with E-state index in [2.05, 4.69) is 5.16 Å². The maximum absolute atomic E-state index is 10.6. The molecule has 0 saturated carbocycles. The average Bonchev–Trinajstić information content (AvgIpc) is 2.76. The molecule has 1 aliphatic rings. The summed E-state index contributed by atoms with van der Waals surface area (Å²) in [5.74, 6) is -0.984. The monoisotopic (exact) mass is 219 g/mol. The molecular weight excluding hydrogens is 206 g/mol. The Bertz CT molecular complexity index is 400. The maximum atomic E-state index is 10.6. The fraction of sp³-hybridized carbons (Fsp3) is 0.333. The quantitative estimate of drug-likeness (QED) is 0.840. The first-order valence-corrected chi connectivity index (χ1v) is 5.25. The number of hydrogen-bond donors (Lipinski definition) is 1. The van der Waals surface area contributed by atoms with Crippen molar-refractivity contribution in [1.29, 1.82) is 0 Å². The van der Waals surface area contributed by atoms with Crippen LogP contribution >= 0.6 is 0 Å². The molecule has 1 heterocycles. The van der Waals surface area contributed by atoms with Crippen molar-refractivity contribution in [2.45, 2.75) is 25.4 Å². The molecule has 1 aromatic carbocycles. The Labute approximate surface area is 93.5 Å². The van der Waals surface area contributed by atoms with Gasteiger partial charge in [0.15, 0.2) is 5.71 Å². The summed E-state index contributed by atoms with van der Waals surface area (Å²) in [4.78, 5) is 15.7. The van der Waals surface area contributed by atoms with E-state index in [-0.39, 0.29) is 11.8 Å². The van der Waals surface area contributed by atoms with Crippen molar-refractivity contribution in [3.63, 3.8) is 0 Å². The molecule has 1 aromatic rings. The lowest BCUT2D eigenvalue weighted by Crippen LogP contribution is -2.14. The highest BCUT2D eigenvalue weighted by atomic mass is 16.6. The first-order chi connectivity index (χ1) is 7.75. The van der Waals surface area contributed by atoms with Crippen LogP contribution in [0.1, 0.15) is 18.4 Å². The molecule has 0 amide bonds. The molecule has 16 heavy (non-hydrogen) atoms. The highest BCUT2D eigenvalue weighted by Crippen LogP contribution is 2.16. The zero-order chi connectivity index (χ0) is 11.4. The molecule has 1 N–H and O–H groups in total. The standard InChI is InChI=1S/C12H13NO3/c14-12(15)11-8-10(16-13-11)7-6-9-4-2-1-3-5-9/h1-5,10H,6-8H2,(H,14,15). The first kappa shape index (κ1) is 10.7. The lowest BCUT2D eigenvalue weighted by Gasteiger charge is -2.07. The van der Waals surface area contributed by atoms with Gasteiger partial charge in [0.1, 0.15) is 6.10 Å². The van der Waals surface area contributed by atoms with E-state index in [1.165, 1.54) is 5.56 Å². The molecule has 4 heteroatoms. The van der Waals surface area contributed by atoms with Crippen molar-refractivity contribution in [3.05, 3.63) is 35.9 Å². The van der Waals surface area contributed by atoms with E-state index in [4.69, 9.17) is 9.94 Å². The SMILES string of the molecule is O=C(O)C1=NOC(CCc2ccccc2)C1. The van der Waals surface area contributed by atoms with Gasteiger partial charge < -0.3 is 9.94 Å². The molecule has 84 valence electrons. The van der Waals surface area contributed by atoms with Gasteiger partial charge >= 0.3 is 5.97 Å². The van der Waals surface area contributed by atoms with E-state index in [0.717, 1.165) is 12.8 Å². The summed E-state index contributed by atoms with van der Waals surface area (Å²) in [5.41, 5.74) is 1.35. The van der Waals surface area contributed by atoms with E-state index in [9.17, 15) is 4.79 Å². The number of hydrogen-bond acceptors (Lipinski definition) is 3. The van der Waals surface area contributed by atoms with Crippen LogP contribution in [0.4, 0.5) is 0 Å². The van der Waals surface area contributed by atoms with Crippen molar-refractivity contribution in [3.8, 4) is 0 Å². The molecule has 1 aliphatic heterocycles. The van der Waals surface area contributed by atoms with E-state index in [0.29, 0.717) is 6.42 Å².